The normalized spacial score (nSPS) is 18.0. The van der Waals surface area contributed by atoms with Gasteiger partial charge in [-0.15, -0.1) is 0 Å². The summed E-state index contributed by atoms with van der Waals surface area (Å²) in [6.07, 6.45) is 1.09. The third-order valence-corrected chi connectivity index (χ3v) is 7.04. The molecule has 0 bridgehead atoms. The number of anilines is 1. The van der Waals surface area contributed by atoms with Crippen molar-refractivity contribution in [2.45, 2.75) is 30.7 Å². The van der Waals surface area contributed by atoms with E-state index in [9.17, 15) is 13.2 Å². The smallest absolute Gasteiger partial charge is 0.243 e. The van der Waals surface area contributed by atoms with Crippen LogP contribution in [0.5, 0.6) is 0 Å². The Bertz CT molecular complexity index is 930. The number of rotatable bonds is 4. The number of hydrogen-bond donors (Lipinski definition) is 1. The summed E-state index contributed by atoms with van der Waals surface area (Å²) in [5, 5.41) is 3.80. The number of carbonyl (C=O) groups excluding carboxylic acids is 1. The number of halogens is 2. The Labute approximate surface area is 163 Å². The highest BCUT2D eigenvalue weighted by atomic mass is 35.5. The lowest BCUT2D eigenvalue weighted by atomic mass is 10.1. The van der Waals surface area contributed by atoms with Gasteiger partial charge in [-0.05, 0) is 61.7 Å². The van der Waals surface area contributed by atoms with Crippen molar-refractivity contribution >= 4 is 44.8 Å². The van der Waals surface area contributed by atoms with Gasteiger partial charge in [0.1, 0.15) is 6.04 Å². The van der Waals surface area contributed by atoms with Crippen LogP contribution in [0.15, 0.2) is 47.4 Å². The molecule has 1 fully saturated rings. The summed E-state index contributed by atoms with van der Waals surface area (Å²) < 4.78 is 27.1. The zero-order valence-corrected chi connectivity index (χ0v) is 16.4. The molecule has 1 aliphatic heterocycles. The zero-order valence-electron chi connectivity index (χ0n) is 14.1. The van der Waals surface area contributed by atoms with E-state index in [2.05, 4.69) is 5.32 Å². The Morgan fingerprint density at radius 1 is 1.15 bits per heavy atom. The van der Waals surface area contributed by atoms with Crippen LogP contribution in [-0.4, -0.2) is 31.2 Å². The monoisotopic (exact) mass is 412 g/mol. The molecule has 8 heteroatoms. The standard InChI is InChI=1S/C18H18Cl2N2O3S/c1-12-15(20)4-2-5-16(12)21-18(23)17-6-3-11-22(17)26(24,25)14-9-7-13(19)8-10-14/h2,4-5,7-10,17H,3,6,11H2,1H3,(H,21,23). The third kappa shape index (κ3) is 3.74. The molecule has 1 heterocycles. The predicted molar refractivity (Wildman–Crippen MR) is 103 cm³/mol. The topological polar surface area (TPSA) is 66.5 Å². The van der Waals surface area contributed by atoms with Crippen LogP contribution in [0.25, 0.3) is 0 Å². The minimum atomic E-state index is -3.77. The molecule has 1 atom stereocenters. The Balaban J connectivity index is 1.84. The zero-order chi connectivity index (χ0) is 18.9. The van der Waals surface area contributed by atoms with Gasteiger partial charge in [0.25, 0.3) is 0 Å². The molecule has 1 unspecified atom stereocenters. The highest BCUT2D eigenvalue weighted by Gasteiger charge is 2.39. The molecule has 1 N–H and O–H groups in total. The van der Waals surface area contributed by atoms with Gasteiger partial charge in [-0.25, -0.2) is 8.42 Å². The van der Waals surface area contributed by atoms with Gasteiger partial charge in [0.05, 0.1) is 4.90 Å². The maximum absolute atomic E-state index is 12.9. The minimum absolute atomic E-state index is 0.125. The highest BCUT2D eigenvalue weighted by molar-refractivity contribution is 7.89. The molecular weight excluding hydrogens is 395 g/mol. The Hall–Kier alpha value is -1.60. The molecule has 26 heavy (non-hydrogen) atoms. The summed E-state index contributed by atoms with van der Waals surface area (Å²) in [4.78, 5) is 12.9. The molecule has 0 aromatic heterocycles. The minimum Gasteiger partial charge on any atom is -0.324 e. The number of nitrogens with zero attached hydrogens (tertiary/aromatic N) is 1. The molecule has 0 aliphatic carbocycles. The summed E-state index contributed by atoms with van der Waals surface area (Å²) in [5.74, 6) is -0.356. The largest absolute Gasteiger partial charge is 0.324 e. The number of carbonyl (C=O) groups is 1. The number of benzene rings is 2. The van der Waals surface area contributed by atoms with Crippen molar-refractivity contribution in [3.63, 3.8) is 0 Å². The molecule has 5 nitrogen and oxygen atoms in total. The third-order valence-electron chi connectivity index (χ3n) is 4.45. The van der Waals surface area contributed by atoms with E-state index in [1.165, 1.54) is 28.6 Å². The van der Waals surface area contributed by atoms with Crippen LogP contribution in [-0.2, 0) is 14.8 Å². The molecule has 138 valence electrons. The molecule has 0 radical (unpaired) electrons. The summed E-state index contributed by atoms with van der Waals surface area (Å²) >= 11 is 11.9. The average molecular weight is 413 g/mol. The fourth-order valence-corrected chi connectivity index (χ4v) is 4.95. The van der Waals surface area contributed by atoms with Gasteiger partial charge >= 0.3 is 0 Å². The number of hydrogen-bond acceptors (Lipinski definition) is 3. The second-order valence-electron chi connectivity index (χ2n) is 6.13. The Morgan fingerprint density at radius 3 is 2.54 bits per heavy atom. The molecule has 1 amide bonds. The molecule has 1 saturated heterocycles. The molecule has 2 aromatic carbocycles. The summed E-state index contributed by atoms with van der Waals surface area (Å²) in [5.41, 5.74) is 1.32. The molecule has 3 rings (SSSR count). The molecular formula is C18H18Cl2N2O3S. The van der Waals surface area contributed by atoms with Gasteiger partial charge in [0, 0.05) is 22.3 Å². The second kappa shape index (κ2) is 7.56. The van der Waals surface area contributed by atoms with Gasteiger partial charge in [-0.1, -0.05) is 29.3 Å². The van der Waals surface area contributed by atoms with E-state index in [0.717, 1.165) is 5.56 Å². The van der Waals surface area contributed by atoms with Crippen molar-refractivity contribution in [3.8, 4) is 0 Å². The lowest BCUT2D eigenvalue weighted by Gasteiger charge is -2.24. The molecule has 0 spiro atoms. The number of nitrogens with one attached hydrogen (secondary N) is 1. The fraction of sp³-hybridized carbons (Fsp3) is 0.278. The van der Waals surface area contributed by atoms with E-state index in [-0.39, 0.29) is 10.8 Å². The van der Waals surface area contributed by atoms with Crippen LogP contribution in [0.1, 0.15) is 18.4 Å². The van der Waals surface area contributed by atoms with E-state index >= 15 is 0 Å². The van der Waals surface area contributed by atoms with Crippen LogP contribution in [0, 0.1) is 6.92 Å². The van der Waals surface area contributed by atoms with E-state index in [1.54, 1.807) is 25.1 Å². The van der Waals surface area contributed by atoms with E-state index in [4.69, 9.17) is 23.2 Å². The van der Waals surface area contributed by atoms with Crippen molar-refractivity contribution in [2.24, 2.45) is 0 Å². The van der Waals surface area contributed by atoms with Crippen molar-refractivity contribution < 1.29 is 13.2 Å². The molecule has 0 saturated carbocycles. The van der Waals surface area contributed by atoms with Crippen LogP contribution >= 0.6 is 23.2 Å². The quantitative estimate of drug-likeness (QED) is 0.821. The van der Waals surface area contributed by atoms with Crippen molar-refractivity contribution in [1.82, 2.24) is 4.31 Å². The van der Waals surface area contributed by atoms with Crippen molar-refractivity contribution in [3.05, 3.63) is 58.1 Å². The lowest BCUT2D eigenvalue weighted by Crippen LogP contribution is -2.43. The van der Waals surface area contributed by atoms with Crippen LogP contribution in [0.2, 0.25) is 10.0 Å². The lowest BCUT2D eigenvalue weighted by molar-refractivity contribution is -0.119. The predicted octanol–water partition coefficient (Wildman–Crippen LogP) is 4.09. The first-order valence-electron chi connectivity index (χ1n) is 8.14. The van der Waals surface area contributed by atoms with E-state index in [1.807, 2.05) is 0 Å². The summed E-state index contributed by atoms with van der Waals surface area (Å²) in [6.45, 7) is 2.10. The maximum Gasteiger partial charge on any atom is 0.243 e. The molecule has 2 aromatic rings. The average Bonchev–Trinajstić information content (AvgIpc) is 3.10. The van der Waals surface area contributed by atoms with Gasteiger partial charge < -0.3 is 5.32 Å². The Morgan fingerprint density at radius 2 is 1.85 bits per heavy atom. The van der Waals surface area contributed by atoms with E-state index in [0.29, 0.717) is 35.1 Å². The Kier molecular flexibility index (Phi) is 5.58. The van der Waals surface area contributed by atoms with Gasteiger partial charge in [-0.3, -0.25) is 4.79 Å². The van der Waals surface area contributed by atoms with Gasteiger partial charge in [-0.2, -0.15) is 4.31 Å². The summed E-state index contributed by atoms with van der Waals surface area (Å²) in [7, 11) is -3.77. The SMILES string of the molecule is Cc1c(Cl)cccc1NC(=O)C1CCCN1S(=O)(=O)c1ccc(Cl)cc1. The maximum atomic E-state index is 12.9. The number of amides is 1. The van der Waals surface area contributed by atoms with Crippen LogP contribution in [0.3, 0.4) is 0 Å². The molecule has 1 aliphatic rings. The van der Waals surface area contributed by atoms with Crippen molar-refractivity contribution in [2.75, 3.05) is 11.9 Å². The second-order valence-corrected chi connectivity index (χ2v) is 8.86. The first-order chi connectivity index (χ1) is 12.3. The van der Waals surface area contributed by atoms with E-state index < -0.39 is 16.1 Å². The van der Waals surface area contributed by atoms with Crippen molar-refractivity contribution in [1.29, 1.82) is 0 Å². The number of sulfonamides is 1. The summed E-state index contributed by atoms with van der Waals surface area (Å²) in [6, 6.07) is 10.4. The fourth-order valence-electron chi connectivity index (χ4n) is 2.99. The van der Waals surface area contributed by atoms with Gasteiger partial charge in [0.2, 0.25) is 15.9 Å². The first kappa shape index (κ1) is 19.2. The van der Waals surface area contributed by atoms with Crippen LogP contribution < -0.4 is 5.32 Å². The van der Waals surface area contributed by atoms with Crippen LogP contribution in [0.4, 0.5) is 5.69 Å². The van der Waals surface area contributed by atoms with Gasteiger partial charge in [0.15, 0.2) is 0 Å². The highest BCUT2D eigenvalue weighted by Crippen LogP contribution is 2.29. The first-order valence-corrected chi connectivity index (χ1v) is 10.3.